The zero-order chi connectivity index (χ0) is 22.6. The minimum atomic E-state index is -1.15. The van der Waals surface area contributed by atoms with Gasteiger partial charge in [0.05, 0.1) is 46.5 Å². The Kier molecular flexibility index (Phi) is 8.66. The van der Waals surface area contributed by atoms with Crippen LogP contribution < -0.4 is 19.5 Å². The van der Waals surface area contributed by atoms with Crippen LogP contribution in [0, 0.1) is 0 Å². The predicted octanol–water partition coefficient (Wildman–Crippen LogP) is 5.73. The summed E-state index contributed by atoms with van der Waals surface area (Å²) in [7, 11) is 4.26. The summed E-state index contributed by atoms with van der Waals surface area (Å²) in [5.74, 6) is -0.656. The molecule has 0 fully saturated rings. The van der Waals surface area contributed by atoms with Crippen molar-refractivity contribution in [2.45, 2.75) is 13.0 Å². The molecule has 2 aromatic carbocycles. The van der Waals surface area contributed by atoms with Crippen molar-refractivity contribution in [3.63, 3.8) is 0 Å². The summed E-state index contributed by atoms with van der Waals surface area (Å²) in [4.78, 5) is 25.3. The van der Waals surface area contributed by atoms with E-state index in [0.717, 1.165) is 0 Å². The third kappa shape index (κ3) is 5.14. The van der Waals surface area contributed by atoms with Crippen LogP contribution in [0.2, 0.25) is 10.0 Å². The van der Waals surface area contributed by atoms with Gasteiger partial charge >= 0.3 is 5.97 Å². The maximum Gasteiger partial charge on any atom is 0.341 e. The second kappa shape index (κ2) is 10.6. The fourth-order valence-electron chi connectivity index (χ4n) is 2.46. The minimum absolute atomic E-state index is 0.0601. The number of nitrogens with one attached hydrogen (secondary N) is 1. The van der Waals surface area contributed by atoms with Crippen molar-refractivity contribution >= 4 is 72.6 Å². The summed E-state index contributed by atoms with van der Waals surface area (Å²) >= 11 is 18.6. The van der Waals surface area contributed by atoms with Crippen molar-refractivity contribution in [1.29, 1.82) is 0 Å². The van der Waals surface area contributed by atoms with Crippen LogP contribution in [0.3, 0.4) is 0 Å². The number of anilines is 1. The Bertz CT molecular complexity index is 955. The normalized spacial score (nSPS) is 11.5. The zero-order valence-electron chi connectivity index (χ0n) is 16.3. The predicted molar refractivity (Wildman–Crippen MR) is 121 cm³/mol. The van der Waals surface area contributed by atoms with Gasteiger partial charge in [0.2, 0.25) is 5.75 Å². The molecule has 2 rings (SSSR count). The largest absolute Gasteiger partial charge is 0.492 e. The van der Waals surface area contributed by atoms with Gasteiger partial charge in [-0.25, -0.2) is 4.79 Å². The van der Waals surface area contributed by atoms with Gasteiger partial charge in [0.1, 0.15) is 0 Å². The number of esters is 1. The molecule has 0 bridgehead atoms. The molecule has 0 radical (unpaired) electrons. The Hall–Kier alpha value is -1.68. The molecule has 1 atom stereocenters. The highest BCUT2D eigenvalue weighted by Crippen LogP contribution is 2.50. The van der Waals surface area contributed by atoms with Crippen LogP contribution >= 0.6 is 55.1 Å². The van der Waals surface area contributed by atoms with Crippen LogP contribution in [0.25, 0.3) is 0 Å². The number of halogens is 4. The van der Waals surface area contributed by atoms with Crippen molar-refractivity contribution < 1.29 is 28.5 Å². The molecule has 2 aromatic rings. The van der Waals surface area contributed by atoms with Crippen LogP contribution in [0.15, 0.2) is 27.1 Å². The molecule has 0 spiro atoms. The molecule has 0 aliphatic rings. The number of benzene rings is 2. The summed E-state index contributed by atoms with van der Waals surface area (Å²) in [6.07, 6.45) is -1.15. The molecule has 1 unspecified atom stereocenters. The molecule has 1 N–H and O–H groups in total. The molecular formula is C19H17Br2Cl2NO6. The smallest absolute Gasteiger partial charge is 0.341 e. The second-order valence-electron chi connectivity index (χ2n) is 5.76. The van der Waals surface area contributed by atoms with Gasteiger partial charge in [-0.3, -0.25) is 4.79 Å². The number of amides is 1. The van der Waals surface area contributed by atoms with E-state index in [1.54, 1.807) is 12.1 Å². The number of ether oxygens (including phenoxy) is 4. The molecule has 162 valence electrons. The molecule has 0 aliphatic carbocycles. The van der Waals surface area contributed by atoms with E-state index >= 15 is 0 Å². The van der Waals surface area contributed by atoms with E-state index in [4.69, 9.17) is 42.1 Å². The highest BCUT2D eigenvalue weighted by atomic mass is 79.9. The Labute approximate surface area is 200 Å². The lowest BCUT2D eigenvalue weighted by molar-refractivity contribution is -0.123. The standard InChI is InChI=1S/C19H17Br2Cl2NO6/c1-8(18(25)24-11-7-9(22)5-6-10(11)23)30-19(26)12-13(20)15(27-2)17(29-4)16(28-3)14(12)21/h5-8H,1-4H3,(H,24,25). The Balaban J connectivity index is 2.30. The Morgan fingerprint density at radius 1 is 0.967 bits per heavy atom. The van der Waals surface area contributed by atoms with Gasteiger partial charge in [-0.2, -0.15) is 0 Å². The van der Waals surface area contributed by atoms with E-state index in [0.29, 0.717) is 15.7 Å². The fourth-order valence-corrected chi connectivity index (χ4v) is 4.46. The monoisotopic (exact) mass is 583 g/mol. The van der Waals surface area contributed by atoms with Gasteiger partial charge in [-0.05, 0) is 57.0 Å². The minimum Gasteiger partial charge on any atom is -0.492 e. The molecule has 0 saturated heterocycles. The van der Waals surface area contributed by atoms with Crippen molar-refractivity contribution in [3.05, 3.63) is 42.8 Å². The lowest BCUT2D eigenvalue weighted by Crippen LogP contribution is -2.30. The number of carbonyl (C=O) groups is 2. The first-order chi connectivity index (χ1) is 14.2. The maximum absolute atomic E-state index is 12.8. The second-order valence-corrected chi connectivity index (χ2v) is 8.19. The Morgan fingerprint density at radius 2 is 1.50 bits per heavy atom. The molecule has 0 heterocycles. The van der Waals surface area contributed by atoms with Crippen molar-refractivity contribution in [2.75, 3.05) is 26.6 Å². The van der Waals surface area contributed by atoms with Gasteiger partial charge in [0, 0.05) is 5.02 Å². The Morgan fingerprint density at radius 3 is 2.00 bits per heavy atom. The third-order valence-corrected chi connectivity index (χ3v) is 5.98. The van der Waals surface area contributed by atoms with Crippen molar-refractivity contribution in [3.8, 4) is 17.2 Å². The SMILES string of the molecule is COc1c(Br)c(C(=O)OC(C)C(=O)Nc2cc(Cl)ccc2Cl)c(Br)c(OC)c1OC. The van der Waals surface area contributed by atoms with Crippen LogP contribution in [-0.4, -0.2) is 39.3 Å². The van der Waals surface area contributed by atoms with Crippen LogP contribution in [0.4, 0.5) is 5.69 Å². The van der Waals surface area contributed by atoms with Crippen LogP contribution in [0.5, 0.6) is 17.2 Å². The first kappa shape index (κ1) is 24.6. The van der Waals surface area contributed by atoms with Crippen molar-refractivity contribution in [1.82, 2.24) is 0 Å². The molecule has 1 amide bonds. The molecule has 30 heavy (non-hydrogen) atoms. The molecule has 0 saturated carbocycles. The summed E-state index contributed by atoms with van der Waals surface area (Å²) < 4.78 is 21.8. The summed E-state index contributed by atoms with van der Waals surface area (Å²) in [6.45, 7) is 1.42. The van der Waals surface area contributed by atoms with Gasteiger partial charge < -0.3 is 24.3 Å². The highest BCUT2D eigenvalue weighted by Gasteiger charge is 2.30. The first-order valence-electron chi connectivity index (χ1n) is 8.30. The molecule has 0 aromatic heterocycles. The van der Waals surface area contributed by atoms with Crippen molar-refractivity contribution in [2.24, 2.45) is 0 Å². The number of carbonyl (C=O) groups excluding carboxylic acids is 2. The summed E-state index contributed by atoms with van der Waals surface area (Å²) in [5, 5.41) is 3.26. The van der Waals surface area contributed by atoms with E-state index in [-0.39, 0.29) is 31.8 Å². The zero-order valence-corrected chi connectivity index (χ0v) is 21.0. The average Bonchev–Trinajstić information content (AvgIpc) is 2.70. The average molecular weight is 586 g/mol. The quantitative estimate of drug-likeness (QED) is 0.418. The lowest BCUT2D eigenvalue weighted by atomic mass is 10.1. The number of hydrogen-bond acceptors (Lipinski definition) is 6. The molecule has 7 nitrogen and oxygen atoms in total. The molecule has 11 heteroatoms. The molecular weight excluding hydrogens is 569 g/mol. The van der Waals surface area contributed by atoms with Gasteiger partial charge in [-0.15, -0.1) is 0 Å². The number of rotatable bonds is 7. The third-order valence-electron chi connectivity index (χ3n) is 3.91. The first-order valence-corrected chi connectivity index (χ1v) is 10.6. The fraction of sp³-hybridized carbons (Fsp3) is 0.263. The van der Waals surface area contributed by atoms with E-state index in [2.05, 4.69) is 37.2 Å². The van der Waals surface area contributed by atoms with E-state index in [9.17, 15) is 9.59 Å². The van der Waals surface area contributed by atoms with Gasteiger partial charge in [0.15, 0.2) is 17.6 Å². The van der Waals surface area contributed by atoms with Gasteiger partial charge in [0.25, 0.3) is 5.91 Å². The lowest BCUT2D eigenvalue weighted by Gasteiger charge is -2.20. The summed E-state index contributed by atoms with van der Waals surface area (Å²) in [5.41, 5.74) is 0.358. The number of methoxy groups -OCH3 is 3. The maximum atomic E-state index is 12.8. The van der Waals surface area contributed by atoms with Crippen LogP contribution in [0.1, 0.15) is 17.3 Å². The molecule has 0 aliphatic heterocycles. The van der Waals surface area contributed by atoms with E-state index in [1.807, 2.05) is 0 Å². The number of hydrogen-bond donors (Lipinski definition) is 1. The van der Waals surface area contributed by atoms with E-state index < -0.39 is 18.0 Å². The van der Waals surface area contributed by atoms with E-state index in [1.165, 1.54) is 34.3 Å². The topological polar surface area (TPSA) is 83.1 Å². The van der Waals surface area contributed by atoms with Crippen LogP contribution in [-0.2, 0) is 9.53 Å². The summed E-state index contributed by atoms with van der Waals surface area (Å²) in [6, 6.07) is 4.62. The highest BCUT2D eigenvalue weighted by molar-refractivity contribution is 9.11. The van der Waals surface area contributed by atoms with Gasteiger partial charge in [-0.1, -0.05) is 23.2 Å².